The normalized spacial score (nSPS) is 29.5. The first-order valence-corrected chi connectivity index (χ1v) is 13.4. The highest BCUT2D eigenvalue weighted by Crippen LogP contribution is 2.52. The first kappa shape index (κ1) is 25.1. The van der Waals surface area contributed by atoms with Crippen LogP contribution in [-0.4, -0.2) is 92.9 Å². The van der Waals surface area contributed by atoms with E-state index >= 15 is 0 Å². The van der Waals surface area contributed by atoms with E-state index in [1.54, 1.807) is 10.9 Å². The molecular weight excluding hydrogens is 499 g/mol. The highest BCUT2D eigenvalue weighted by molar-refractivity contribution is 7.98. The lowest BCUT2D eigenvalue weighted by Gasteiger charge is -2.34. The zero-order chi connectivity index (χ0) is 23.8. The summed E-state index contributed by atoms with van der Waals surface area (Å²) in [5.41, 5.74) is -0.334. The summed E-state index contributed by atoms with van der Waals surface area (Å²) in [6.07, 6.45) is 2.31. The predicted octanol–water partition coefficient (Wildman–Crippen LogP) is 1.83. The number of thioether (sulfide) groups is 1. The van der Waals surface area contributed by atoms with Crippen molar-refractivity contribution in [2.45, 2.75) is 42.8 Å². The Kier molecular flexibility index (Phi) is 7.54. The largest absolute Gasteiger partial charge is 0.479 e. The minimum Gasteiger partial charge on any atom is -0.479 e. The third kappa shape index (κ3) is 5.16. The van der Waals surface area contributed by atoms with Crippen molar-refractivity contribution in [1.29, 1.82) is 0 Å². The first-order chi connectivity index (χ1) is 15.7. The summed E-state index contributed by atoms with van der Waals surface area (Å²) >= 11 is 7.47. The Balaban J connectivity index is 1.43. The molecular formula is C18H26ClN4O8PS. The quantitative estimate of drug-likeness (QED) is 0.326. The number of hydrogen-bond donors (Lipinski definition) is 2. The second kappa shape index (κ2) is 9.92. The third-order valence-corrected chi connectivity index (χ3v) is 7.69. The SMILES string of the molecule is COCC(CSC)OP(=O)(O)OCC1OC2CC1(O)CC2n1cnc2c(OC)nc(Cl)nc21. The van der Waals surface area contributed by atoms with Gasteiger partial charge in [0.05, 0.1) is 44.4 Å². The topological polar surface area (TPSA) is 147 Å². The maximum atomic E-state index is 12.4. The molecule has 2 bridgehead atoms. The molecule has 0 amide bonds. The summed E-state index contributed by atoms with van der Waals surface area (Å²) in [6, 6.07) is -0.267. The molecule has 6 unspecified atom stereocenters. The first-order valence-electron chi connectivity index (χ1n) is 10.1. The Labute approximate surface area is 199 Å². The number of imidazole rings is 1. The molecule has 2 aliphatic rings. The van der Waals surface area contributed by atoms with E-state index in [1.165, 1.54) is 26.0 Å². The Bertz CT molecular complexity index is 1040. The van der Waals surface area contributed by atoms with E-state index in [0.29, 0.717) is 29.8 Å². The molecule has 1 aliphatic carbocycles. The molecule has 12 nitrogen and oxygen atoms in total. The number of halogens is 1. The molecule has 2 aromatic heterocycles. The van der Waals surface area contributed by atoms with Gasteiger partial charge in [-0.2, -0.15) is 21.7 Å². The molecule has 1 saturated heterocycles. The van der Waals surface area contributed by atoms with Gasteiger partial charge in [-0.1, -0.05) is 0 Å². The number of aliphatic hydroxyl groups is 1. The van der Waals surface area contributed by atoms with Crippen LogP contribution in [0.4, 0.5) is 0 Å². The summed E-state index contributed by atoms with van der Waals surface area (Å²) in [7, 11) is -1.42. The molecule has 2 N–H and O–H groups in total. The van der Waals surface area contributed by atoms with Crippen molar-refractivity contribution < 1.29 is 37.8 Å². The number of phosphoric ester groups is 1. The van der Waals surface area contributed by atoms with Gasteiger partial charge < -0.3 is 28.8 Å². The molecule has 6 atom stereocenters. The van der Waals surface area contributed by atoms with Crippen LogP contribution in [0.25, 0.3) is 11.2 Å². The predicted molar refractivity (Wildman–Crippen MR) is 120 cm³/mol. The molecule has 0 aromatic carbocycles. The van der Waals surface area contributed by atoms with Crippen LogP contribution in [0.1, 0.15) is 18.9 Å². The average Bonchev–Trinajstić information content (AvgIpc) is 3.41. The van der Waals surface area contributed by atoms with Gasteiger partial charge in [-0.3, -0.25) is 9.05 Å². The van der Waals surface area contributed by atoms with Gasteiger partial charge in [-0.25, -0.2) is 9.55 Å². The molecule has 1 saturated carbocycles. The maximum absolute atomic E-state index is 12.4. The smallest absolute Gasteiger partial charge is 0.472 e. The number of hydrogen-bond acceptors (Lipinski definition) is 11. The fourth-order valence-corrected chi connectivity index (χ4v) is 6.07. The number of nitrogens with zero attached hydrogens (tertiary/aromatic N) is 4. The van der Waals surface area contributed by atoms with E-state index < -0.39 is 25.6 Å². The van der Waals surface area contributed by atoms with Gasteiger partial charge in [0.15, 0.2) is 11.2 Å². The van der Waals surface area contributed by atoms with Crippen LogP contribution < -0.4 is 4.74 Å². The van der Waals surface area contributed by atoms with Crippen molar-refractivity contribution in [1.82, 2.24) is 19.5 Å². The van der Waals surface area contributed by atoms with Crippen molar-refractivity contribution in [3.8, 4) is 5.88 Å². The van der Waals surface area contributed by atoms with Crippen LogP contribution in [0, 0.1) is 0 Å². The molecule has 184 valence electrons. The summed E-state index contributed by atoms with van der Waals surface area (Å²) in [6.45, 7) is -0.140. The van der Waals surface area contributed by atoms with Gasteiger partial charge in [0.25, 0.3) is 0 Å². The van der Waals surface area contributed by atoms with Gasteiger partial charge in [0.1, 0.15) is 12.2 Å². The highest BCUT2D eigenvalue weighted by Gasteiger charge is 2.58. The molecule has 2 aromatic rings. The Morgan fingerprint density at radius 2 is 2.21 bits per heavy atom. The van der Waals surface area contributed by atoms with Crippen LogP contribution in [0.5, 0.6) is 5.88 Å². The van der Waals surface area contributed by atoms with Gasteiger partial charge in [0, 0.05) is 25.7 Å². The maximum Gasteiger partial charge on any atom is 0.472 e. The minimum absolute atomic E-state index is 0.0158. The number of phosphoric acid groups is 1. The molecule has 1 aliphatic heterocycles. The molecule has 2 fully saturated rings. The molecule has 3 heterocycles. The lowest BCUT2D eigenvalue weighted by molar-refractivity contribution is -0.116. The lowest BCUT2D eigenvalue weighted by atomic mass is 9.95. The van der Waals surface area contributed by atoms with Gasteiger partial charge in [-0.05, 0) is 17.9 Å². The zero-order valence-corrected chi connectivity index (χ0v) is 20.8. The molecule has 33 heavy (non-hydrogen) atoms. The minimum atomic E-state index is -4.37. The second-order valence-electron chi connectivity index (χ2n) is 7.97. The number of methoxy groups -OCH3 is 2. The highest BCUT2D eigenvalue weighted by atomic mass is 35.5. The summed E-state index contributed by atoms with van der Waals surface area (Å²) in [5.74, 6) is 0.719. The molecule has 15 heteroatoms. The summed E-state index contributed by atoms with van der Waals surface area (Å²) < 4.78 is 40.8. The number of aromatic nitrogens is 4. The van der Waals surface area contributed by atoms with Gasteiger partial charge >= 0.3 is 7.82 Å². The fraction of sp³-hybridized carbons (Fsp3) is 0.722. The molecule has 0 spiro atoms. The molecule has 4 rings (SSSR count). The Morgan fingerprint density at radius 3 is 2.85 bits per heavy atom. The van der Waals surface area contributed by atoms with Crippen molar-refractivity contribution in [3.05, 3.63) is 11.6 Å². The van der Waals surface area contributed by atoms with Crippen LogP contribution in [0.2, 0.25) is 5.28 Å². The lowest BCUT2D eigenvalue weighted by Crippen LogP contribution is -2.44. The van der Waals surface area contributed by atoms with Gasteiger partial charge in [0.2, 0.25) is 11.2 Å². The van der Waals surface area contributed by atoms with E-state index in [1.807, 2.05) is 6.26 Å². The fourth-order valence-electron chi connectivity index (χ4n) is 4.38. The van der Waals surface area contributed by atoms with Crippen LogP contribution >= 0.6 is 31.2 Å². The van der Waals surface area contributed by atoms with E-state index in [2.05, 4.69) is 15.0 Å². The third-order valence-electron chi connectivity index (χ3n) is 5.77. The van der Waals surface area contributed by atoms with E-state index in [-0.39, 0.29) is 36.5 Å². The number of fused-ring (bicyclic) bond motifs is 3. The van der Waals surface area contributed by atoms with Crippen LogP contribution in [0.15, 0.2) is 6.33 Å². The van der Waals surface area contributed by atoms with Crippen molar-refractivity contribution in [3.63, 3.8) is 0 Å². The average molecular weight is 525 g/mol. The van der Waals surface area contributed by atoms with Crippen LogP contribution in [-0.2, 0) is 23.1 Å². The van der Waals surface area contributed by atoms with Gasteiger partial charge in [-0.15, -0.1) is 0 Å². The second-order valence-corrected chi connectivity index (χ2v) is 10.6. The van der Waals surface area contributed by atoms with E-state index in [4.69, 9.17) is 34.9 Å². The summed E-state index contributed by atoms with van der Waals surface area (Å²) in [4.78, 5) is 22.7. The Morgan fingerprint density at radius 1 is 1.42 bits per heavy atom. The monoisotopic (exact) mass is 524 g/mol. The van der Waals surface area contributed by atoms with Crippen molar-refractivity contribution >= 4 is 42.3 Å². The van der Waals surface area contributed by atoms with Crippen molar-refractivity contribution in [2.24, 2.45) is 0 Å². The van der Waals surface area contributed by atoms with Crippen molar-refractivity contribution in [2.75, 3.05) is 39.4 Å². The van der Waals surface area contributed by atoms with E-state index in [0.717, 1.165) is 0 Å². The van der Waals surface area contributed by atoms with E-state index in [9.17, 15) is 14.6 Å². The van der Waals surface area contributed by atoms with Crippen LogP contribution in [0.3, 0.4) is 0 Å². The summed E-state index contributed by atoms with van der Waals surface area (Å²) in [5, 5.41) is 11.2. The Hall–Kier alpha value is -1.02. The molecule has 0 radical (unpaired) electrons. The number of rotatable bonds is 11. The number of ether oxygens (including phenoxy) is 3. The zero-order valence-electron chi connectivity index (χ0n) is 18.3. The standard InChI is InChI=1S/C18H26ClN4O8PS/c1-27-6-10(8-33-3)31-32(25,26)29-7-13-18(24)4-11(12(5-18)30-13)23-9-20-14-15(23)21-17(19)22-16(14)28-2/h9-13,24H,4-8H2,1-3H3,(H,25,26).